The van der Waals surface area contributed by atoms with E-state index in [4.69, 9.17) is 5.26 Å². The van der Waals surface area contributed by atoms with Gasteiger partial charge in [0, 0.05) is 5.69 Å². The van der Waals surface area contributed by atoms with Crippen LogP contribution in [0.5, 0.6) is 0 Å². The van der Waals surface area contributed by atoms with Crippen LogP contribution in [-0.2, 0) is 4.79 Å². The number of aliphatic hydroxyl groups excluding tert-OH is 1. The molecule has 1 N–H and O–H groups in total. The van der Waals surface area contributed by atoms with Crippen molar-refractivity contribution in [2.45, 2.75) is 19.4 Å². The van der Waals surface area contributed by atoms with Crippen LogP contribution in [0.4, 0.5) is 5.69 Å². The first kappa shape index (κ1) is 10.7. The molecule has 82 valence electrons. The van der Waals surface area contributed by atoms with E-state index in [2.05, 4.69) is 0 Å². The number of hydrogen-bond donors (Lipinski definition) is 1. The Bertz CT molecular complexity index is 476. The third-order valence-electron chi connectivity index (χ3n) is 2.73. The molecule has 1 atom stereocenters. The summed E-state index contributed by atoms with van der Waals surface area (Å²) in [5.74, 6) is -0.0920. The van der Waals surface area contributed by atoms with Gasteiger partial charge < -0.3 is 10.0 Å². The molecule has 0 saturated carbocycles. The highest BCUT2D eigenvalue weighted by Crippen LogP contribution is 2.26. The summed E-state index contributed by atoms with van der Waals surface area (Å²) in [4.78, 5) is 13.2. The summed E-state index contributed by atoms with van der Waals surface area (Å²) >= 11 is 0. The van der Waals surface area contributed by atoms with Crippen LogP contribution in [0.3, 0.4) is 0 Å². The number of amides is 1. The molecule has 0 aromatic heterocycles. The maximum atomic E-state index is 11.6. The second-order valence-corrected chi connectivity index (χ2v) is 3.98. The molecule has 0 aliphatic carbocycles. The van der Waals surface area contributed by atoms with Gasteiger partial charge in [-0.15, -0.1) is 0 Å². The van der Waals surface area contributed by atoms with Gasteiger partial charge in [0.2, 0.25) is 5.91 Å². The number of nitriles is 1. The largest absolute Gasteiger partial charge is 0.391 e. The molecule has 1 amide bonds. The Morgan fingerprint density at radius 1 is 1.56 bits per heavy atom. The van der Waals surface area contributed by atoms with Crippen molar-refractivity contribution in [3.8, 4) is 6.07 Å². The van der Waals surface area contributed by atoms with Crippen molar-refractivity contribution in [1.29, 1.82) is 5.26 Å². The normalized spacial score (nSPS) is 19.9. The topological polar surface area (TPSA) is 64.3 Å². The van der Waals surface area contributed by atoms with Crippen molar-refractivity contribution in [3.63, 3.8) is 0 Å². The molecule has 1 aromatic rings. The Kier molecular flexibility index (Phi) is 2.63. The number of benzene rings is 1. The summed E-state index contributed by atoms with van der Waals surface area (Å²) in [5, 5.41) is 18.2. The molecule has 1 unspecified atom stereocenters. The molecule has 2 rings (SSSR count). The van der Waals surface area contributed by atoms with Gasteiger partial charge in [0.15, 0.2) is 0 Å². The Balaban J connectivity index is 2.40. The minimum Gasteiger partial charge on any atom is -0.391 e. The second-order valence-electron chi connectivity index (χ2n) is 3.98. The summed E-state index contributed by atoms with van der Waals surface area (Å²) in [7, 11) is 0. The van der Waals surface area contributed by atoms with E-state index in [-0.39, 0.29) is 12.3 Å². The third kappa shape index (κ3) is 1.77. The summed E-state index contributed by atoms with van der Waals surface area (Å²) in [6.07, 6.45) is -0.436. The average molecular weight is 216 g/mol. The number of hydrogen-bond acceptors (Lipinski definition) is 3. The van der Waals surface area contributed by atoms with E-state index >= 15 is 0 Å². The zero-order valence-electron chi connectivity index (χ0n) is 8.97. The fourth-order valence-corrected chi connectivity index (χ4v) is 1.89. The predicted octanol–water partition coefficient (Wildman–Crippen LogP) is 0.964. The molecule has 1 aromatic carbocycles. The monoisotopic (exact) mass is 216 g/mol. The first-order valence-electron chi connectivity index (χ1n) is 5.11. The van der Waals surface area contributed by atoms with Gasteiger partial charge in [-0.25, -0.2) is 0 Å². The summed E-state index contributed by atoms with van der Waals surface area (Å²) in [6, 6.07) is 7.26. The first-order valence-corrected chi connectivity index (χ1v) is 5.11. The van der Waals surface area contributed by atoms with Crippen molar-refractivity contribution < 1.29 is 9.90 Å². The summed E-state index contributed by atoms with van der Waals surface area (Å²) in [5.41, 5.74) is 2.18. The van der Waals surface area contributed by atoms with Gasteiger partial charge in [0.05, 0.1) is 30.7 Å². The second kappa shape index (κ2) is 3.95. The van der Waals surface area contributed by atoms with Gasteiger partial charge >= 0.3 is 0 Å². The van der Waals surface area contributed by atoms with Gasteiger partial charge in [-0.2, -0.15) is 5.26 Å². The van der Waals surface area contributed by atoms with E-state index in [1.165, 1.54) is 0 Å². The Morgan fingerprint density at radius 3 is 2.88 bits per heavy atom. The molecule has 16 heavy (non-hydrogen) atoms. The molecule has 1 heterocycles. The lowest BCUT2D eigenvalue weighted by molar-refractivity contribution is -0.117. The quantitative estimate of drug-likeness (QED) is 0.760. The van der Waals surface area contributed by atoms with Crippen molar-refractivity contribution in [1.82, 2.24) is 0 Å². The number of β-amino-alcohol motifs (C(OH)–C–C–N with tert-alkyl or cyclic N) is 1. The maximum absolute atomic E-state index is 11.6. The molecule has 4 nitrogen and oxygen atoms in total. The maximum Gasteiger partial charge on any atom is 0.229 e. The number of carbonyl (C=O) groups excluding carboxylic acids is 1. The molecule has 0 bridgehead atoms. The predicted molar refractivity (Wildman–Crippen MR) is 58.9 cm³/mol. The molecule has 1 fully saturated rings. The molecule has 0 spiro atoms. The Morgan fingerprint density at radius 2 is 2.31 bits per heavy atom. The van der Waals surface area contributed by atoms with Gasteiger partial charge in [0.1, 0.15) is 0 Å². The van der Waals surface area contributed by atoms with E-state index < -0.39 is 6.10 Å². The van der Waals surface area contributed by atoms with Gasteiger partial charge in [-0.3, -0.25) is 4.79 Å². The molecule has 1 aliphatic heterocycles. The van der Waals surface area contributed by atoms with Crippen LogP contribution in [0.2, 0.25) is 0 Å². The van der Waals surface area contributed by atoms with E-state index in [1.54, 1.807) is 17.0 Å². The lowest BCUT2D eigenvalue weighted by atomic mass is 10.1. The number of aryl methyl sites for hydroxylation is 1. The van der Waals surface area contributed by atoms with Gasteiger partial charge in [-0.1, -0.05) is 6.07 Å². The Labute approximate surface area is 93.7 Å². The lowest BCUT2D eigenvalue weighted by Crippen LogP contribution is -2.26. The van der Waals surface area contributed by atoms with Crippen LogP contribution in [0.1, 0.15) is 17.5 Å². The first-order chi connectivity index (χ1) is 7.61. The minimum absolute atomic E-state index is 0.0920. The standard InChI is InChI=1S/C12H12N2O2/c1-8-2-3-9(6-13)4-11(8)14-7-10(15)5-12(14)16/h2-4,10,15H,5,7H2,1H3. The van der Waals surface area contributed by atoms with Crippen molar-refractivity contribution in [2.24, 2.45) is 0 Å². The fourth-order valence-electron chi connectivity index (χ4n) is 1.89. The number of aliphatic hydroxyl groups is 1. The highest BCUT2D eigenvalue weighted by Gasteiger charge is 2.29. The lowest BCUT2D eigenvalue weighted by Gasteiger charge is -2.18. The van der Waals surface area contributed by atoms with E-state index in [0.717, 1.165) is 11.3 Å². The van der Waals surface area contributed by atoms with Crippen LogP contribution in [0.15, 0.2) is 18.2 Å². The molecule has 0 radical (unpaired) electrons. The number of nitrogens with zero attached hydrogens (tertiary/aromatic N) is 2. The molecule has 1 saturated heterocycles. The van der Waals surface area contributed by atoms with Gasteiger partial charge in [0.25, 0.3) is 0 Å². The third-order valence-corrected chi connectivity index (χ3v) is 2.73. The van der Waals surface area contributed by atoms with Crippen LogP contribution in [-0.4, -0.2) is 23.7 Å². The zero-order chi connectivity index (χ0) is 11.7. The van der Waals surface area contributed by atoms with Crippen molar-refractivity contribution in [2.75, 3.05) is 11.4 Å². The summed E-state index contributed by atoms with van der Waals surface area (Å²) in [6.45, 7) is 2.20. The molecule has 1 aliphatic rings. The van der Waals surface area contributed by atoms with Crippen LogP contribution in [0.25, 0.3) is 0 Å². The Hall–Kier alpha value is -1.86. The van der Waals surface area contributed by atoms with E-state index in [9.17, 15) is 9.90 Å². The SMILES string of the molecule is Cc1ccc(C#N)cc1N1CC(O)CC1=O. The fraction of sp³-hybridized carbons (Fsp3) is 0.333. The van der Waals surface area contributed by atoms with Crippen molar-refractivity contribution >= 4 is 11.6 Å². The molecular formula is C12H12N2O2. The highest BCUT2D eigenvalue weighted by atomic mass is 16.3. The average Bonchev–Trinajstić information content (AvgIpc) is 2.58. The minimum atomic E-state index is -0.599. The van der Waals surface area contributed by atoms with E-state index in [0.29, 0.717) is 12.1 Å². The van der Waals surface area contributed by atoms with Crippen LogP contribution in [0, 0.1) is 18.3 Å². The highest BCUT2D eigenvalue weighted by molar-refractivity contribution is 5.96. The van der Waals surface area contributed by atoms with Crippen LogP contribution >= 0.6 is 0 Å². The molecular weight excluding hydrogens is 204 g/mol. The smallest absolute Gasteiger partial charge is 0.229 e. The molecule has 4 heteroatoms. The zero-order valence-corrected chi connectivity index (χ0v) is 8.97. The number of anilines is 1. The van der Waals surface area contributed by atoms with Gasteiger partial charge in [-0.05, 0) is 24.6 Å². The summed E-state index contributed by atoms with van der Waals surface area (Å²) < 4.78 is 0. The van der Waals surface area contributed by atoms with E-state index in [1.807, 2.05) is 19.1 Å². The van der Waals surface area contributed by atoms with Crippen molar-refractivity contribution in [3.05, 3.63) is 29.3 Å². The number of carbonyl (C=O) groups is 1. The van der Waals surface area contributed by atoms with Crippen LogP contribution < -0.4 is 4.90 Å². The number of rotatable bonds is 1.